The number of rotatable bonds is 4. The highest BCUT2D eigenvalue weighted by atomic mass is 31.2. The molecule has 0 spiro atoms. The van der Waals surface area contributed by atoms with Crippen molar-refractivity contribution in [2.75, 3.05) is 4.90 Å². The van der Waals surface area contributed by atoms with Gasteiger partial charge in [0.05, 0.1) is 16.7 Å². The Hall–Kier alpha value is -3.95. The molecule has 2 aliphatic carbocycles. The summed E-state index contributed by atoms with van der Waals surface area (Å²) in [7, 11) is -4.59. The van der Waals surface area contributed by atoms with Crippen LogP contribution < -0.4 is 10.2 Å². The van der Waals surface area contributed by atoms with E-state index in [1.807, 2.05) is 17.0 Å². The second kappa shape index (κ2) is 8.77. The van der Waals surface area contributed by atoms with E-state index in [0.29, 0.717) is 5.69 Å². The fraction of sp³-hybridized carbons (Fsp3) is 0.167. The molecule has 2 N–H and O–H groups in total. The van der Waals surface area contributed by atoms with E-state index in [1.165, 1.54) is 33.9 Å². The van der Waals surface area contributed by atoms with Crippen LogP contribution >= 0.6 is 7.60 Å². The molecule has 41 heavy (non-hydrogen) atoms. The summed E-state index contributed by atoms with van der Waals surface area (Å²) in [5.41, 5.74) is 11.4. The highest BCUT2D eigenvalue weighted by molar-refractivity contribution is 7.60. The molecule has 204 valence electrons. The number of hydrogen-bond acceptors (Lipinski definition) is 2. The monoisotopic (exact) mass is 557 g/mol. The normalized spacial score (nSPS) is 15.6. The maximum atomic E-state index is 12.9. The molecule has 0 unspecified atom stereocenters. The largest absolute Gasteiger partial charge is 0.358 e. The predicted octanol–water partition coefficient (Wildman–Crippen LogP) is 8.57. The Labute approximate surface area is 241 Å². The summed E-state index contributed by atoms with van der Waals surface area (Å²) in [5, 5.41) is 0.00405. The van der Waals surface area contributed by atoms with Crippen LogP contribution in [0.15, 0.2) is 109 Å². The topological polar surface area (TPSA) is 60.8 Å². The zero-order valence-electron chi connectivity index (χ0n) is 23.6. The molecule has 7 rings (SSSR count). The Morgan fingerprint density at radius 1 is 0.561 bits per heavy atom. The number of hydrogen-bond donors (Lipinski definition) is 2. The molecule has 0 bridgehead atoms. The van der Waals surface area contributed by atoms with Crippen molar-refractivity contribution in [3.05, 3.63) is 131 Å². The molecule has 0 heterocycles. The third-order valence-electron chi connectivity index (χ3n) is 9.09. The summed E-state index contributed by atoms with van der Waals surface area (Å²) in [6.45, 7) is 8.98. The summed E-state index contributed by atoms with van der Waals surface area (Å²) in [5.74, 6) is 0. The lowest BCUT2D eigenvalue weighted by Gasteiger charge is -2.31. The van der Waals surface area contributed by atoms with Crippen LogP contribution in [-0.2, 0) is 15.4 Å². The first kappa shape index (κ1) is 26.0. The standard InChI is InChI=1S/C36H32NO3P/c1-35(2)27-14-7-5-12-24(27)26-22-23(20-21-29(26)35)37(31-17-9-10-19-33(31)41(38,39)40)32-18-11-16-30-34(32)25-13-6-8-15-28(25)36(30,3)4/h5-22H,1-4H3,(H2,38,39,40). The Morgan fingerprint density at radius 2 is 1.10 bits per heavy atom. The first-order valence-electron chi connectivity index (χ1n) is 13.9. The minimum absolute atomic E-state index is 0.00405. The minimum Gasteiger partial charge on any atom is -0.321 e. The number of nitrogens with zero attached hydrogens (tertiary/aromatic N) is 1. The van der Waals surface area contributed by atoms with Gasteiger partial charge < -0.3 is 14.7 Å². The number of fused-ring (bicyclic) bond motifs is 6. The zero-order chi connectivity index (χ0) is 28.7. The van der Waals surface area contributed by atoms with Crippen LogP contribution in [-0.4, -0.2) is 9.79 Å². The third-order valence-corrected chi connectivity index (χ3v) is 10.1. The van der Waals surface area contributed by atoms with Crippen LogP contribution in [0.5, 0.6) is 0 Å². The number of para-hydroxylation sites is 1. The second-order valence-electron chi connectivity index (χ2n) is 12.1. The molecule has 0 amide bonds. The molecule has 0 atom stereocenters. The molecular formula is C36H32NO3P. The smallest absolute Gasteiger partial charge is 0.321 e. The Morgan fingerprint density at radius 3 is 1.83 bits per heavy atom. The Kier molecular flexibility index (Phi) is 5.56. The van der Waals surface area contributed by atoms with Crippen LogP contribution in [0, 0.1) is 0 Å². The molecule has 0 aliphatic heterocycles. The lowest BCUT2D eigenvalue weighted by Crippen LogP contribution is -2.21. The lowest BCUT2D eigenvalue weighted by molar-refractivity contribution is 0.387. The van der Waals surface area contributed by atoms with Gasteiger partial charge in [-0.2, -0.15) is 0 Å². The first-order valence-corrected chi connectivity index (χ1v) is 15.6. The van der Waals surface area contributed by atoms with E-state index in [4.69, 9.17) is 0 Å². The van der Waals surface area contributed by atoms with Gasteiger partial charge in [0.25, 0.3) is 0 Å². The van der Waals surface area contributed by atoms with E-state index in [9.17, 15) is 14.4 Å². The van der Waals surface area contributed by atoms with Crippen molar-refractivity contribution in [2.45, 2.75) is 38.5 Å². The SMILES string of the molecule is CC1(C)c2ccccc2-c2cc(N(c3ccccc3P(=O)(O)O)c3cccc4c3-c3ccccc3C4(C)C)ccc21. The van der Waals surface area contributed by atoms with E-state index in [0.717, 1.165) is 28.1 Å². The van der Waals surface area contributed by atoms with Gasteiger partial charge in [-0.05, 0) is 69.3 Å². The molecule has 2 aliphatic rings. The Bertz CT molecular complexity index is 1920. The zero-order valence-corrected chi connectivity index (χ0v) is 24.5. The van der Waals surface area contributed by atoms with E-state index in [1.54, 1.807) is 6.07 Å². The highest BCUT2D eigenvalue weighted by Crippen LogP contribution is 2.56. The molecule has 0 saturated heterocycles. The molecule has 5 aromatic carbocycles. The van der Waals surface area contributed by atoms with Gasteiger partial charge in [0.2, 0.25) is 0 Å². The van der Waals surface area contributed by atoms with Crippen LogP contribution in [0.1, 0.15) is 49.9 Å². The van der Waals surface area contributed by atoms with E-state index < -0.39 is 7.60 Å². The molecular weight excluding hydrogens is 525 g/mol. The van der Waals surface area contributed by atoms with Gasteiger partial charge in [0.15, 0.2) is 0 Å². The molecule has 5 heteroatoms. The first-order chi connectivity index (χ1) is 19.5. The van der Waals surface area contributed by atoms with Gasteiger partial charge in [-0.15, -0.1) is 0 Å². The van der Waals surface area contributed by atoms with Gasteiger partial charge >= 0.3 is 7.60 Å². The van der Waals surface area contributed by atoms with E-state index in [2.05, 4.69) is 113 Å². The van der Waals surface area contributed by atoms with Gasteiger partial charge in [-0.25, -0.2) is 0 Å². The van der Waals surface area contributed by atoms with Crippen molar-refractivity contribution >= 4 is 30.0 Å². The Balaban J connectivity index is 1.55. The summed E-state index contributed by atoms with van der Waals surface area (Å²) >= 11 is 0. The summed E-state index contributed by atoms with van der Waals surface area (Å²) in [4.78, 5) is 23.0. The molecule has 4 nitrogen and oxygen atoms in total. The minimum atomic E-state index is -4.59. The van der Waals surface area contributed by atoms with Crippen molar-refractivity contribution in [1.29, 1.82) is 0 Å². The molecule has 0 fully saturated rings. The second-order valence-corrected chi connectivity index (χ2v) is 13.7. The number of anilines is 3. The fourth-order valence-corrected chi connectivity index (χ4v) is 7.83. The van der Waals surface area contributed by atoms with Crippen LogP contribution in [0.4, 0.5) is 17.1 Å². The van der Waals surface area contributed by atoms with Gasteiger partial charge in [0.1, 0.15) is 0 Å². The summed E-state index contributed by atoms with van der Waals surface area (Å²) < 4.78 is 12.9. The van der Waals surface area contributed by atoms with Crippen molar-refractivity contribution in [3.63, 3.8) is 0 Å². The molecule has 0 aromatic heterocycles. The fourth-order valence-electron chi connectivity index (χ4n) is 7.08. The summed E-state index contributed by atoms with van der Waals surface area (Å²) in [6.07, 6.45) is 0. The highest BCUT2D eigenvalue weighted by Gasteiger charge is 2.39. The third kappa shape index (κ3) is 3.72. The maximum absolute atomic E-state index is 12.9. The van der Waals surface area contributed by atoms with Gasteiger partial charge in [-0.1, -0.05) is 107 Å². The summed E-state index contributed by atoms with van der Waals surface area (Å²) in [6, 6.07) is 36.6. The maximum Gasteiger partial charge on any atom is 0.358 e. The van der Waals surface area contributed by atoms with Crippen molar-refractivity contribution < 1.29 is 14.4 Å². The van der Waals surface area contributed by atoms with Crippen LogP contribution in [0.3, 0.4) is 0 Å². The lowest BCUT2D eigenvalue weighted by atomic mass is 9.82. The molecule has 0 saturated carbocycles. The molecule has 0 radical (unpaired) electrons. The van der Waals surface area contributed by atoms with E-state index >= 15 is 0 Å². The van der Waals surface area contributed by atoms with Crippen molar-refractivity contribution in [3.8, 4) is 22.3 Å². The van der Waals surface area contributed by atoms with Crippen molar-refractivity contribution in [2.24, 2.45) is 0 Å². The van der Waals surface area contributed by atoms with E-state index in [-0.39, 0.29) is 16.1 Å². The van der Waals surface area contributed by atoms with Gasteiger partial charge in [0, 0.05) is 22.1 Å². The average molecular weight is 558 g/mol. The molecule has 5 aromatic rings. The predicted molar refractivity (Wildman–Crippen MR) is 168 cm³/mol. The number of benzene rings is 5. The van der Waals surface area contributed by atoms with Crippen molar-refractivity contribution in [1.82, 2.24) is 0 Å². The van der Waals surface area contributed by atoms with Crippen LogP contribution in [0.2, 0.25) is 0 Å². The van der Waals surface area contributed by atoms with Crippen LogP contribution in [0.25, 0.3) is 22.3 Å². The average Bonchev–Trinajstić information content (AvgIpc) is 3.33. The van der Waals surface area contributed by atoms with Gasteiger partial charge in [-0.3, -0.25) is 4.57 Å². The quantitative estimate of drug-likeness (QED) is 0.217.